The molecule has 1 aromatic carbocycles. The van der Waals surface area contributed by atoms with E-state index in [4.69, 9.17) is 0 Å². The summed E-state index contributed by atoms with van der Waals surface area (Å²) in [5.41, 5.74) is 1.26. The van der Waals surface area contributed by atoms with Gasteiger partial charge in [0.1, 0.15) is 5.54 Å². The van der Waals surface area contributed by atoms with Gasteiger partial charge in [0.15, 0.2) is 0 Å². The van der Waals surface area contributed by atoms with E-state index in [9.17, 15) is 4.79 Å². The van der Waals surface area contributed by atoms with Crippen molar-refractivity contribution in [2.24, 2.45) is 0 Å². The molecule has 1 amide bonds. The molecule has 22 heavy (non-hydrogen) atoms. The van der Waals surface area contributed by atoms with Crippen molar-refractivity contribution >= 4 is 27.5 Å². The van der Waals surface area contributed by atoms with Gasteiger partial charge in [0.25, 0.3) is 5.91 Å². The molecule has 6 heteroatoms. The molecule has 0 bridgehead atoms. The first-order valence-electron chi connectivity index (χ1n) is 7.40. The number of amides is 1. The number of aryl methyl sites for hydroxylation is 1. The van der Waals surface area contributed by atoms with E-state index in [1.165, 1.54) is 0 Å². The summed E-state index contributed by atoms with van der Waals surface area (Å²) in [7, 11) is 0. The maximum atomic E-state index is 13.0. The van der Waals surface area contributed by atoms with Crippen LogP contribution in [0.2, 0.25) is 0 Å². The van der Waals surface area contributed by atoms with Gasteiger partial charge in [0, 0.05) is 22.6 Å². The number of piperidine rings is 1. The molecular formula is C16H19BrN4O. The third kappa shape index (κ3) is 2.80. The van der Waals surface area contributed by atoms with Crippen molar-refractivity contribution in [1.29, 1.82) is 0 Å². The van der Waals surface area contributed by atoms with Crippen LogP contribution in [0.1, 0.15) is 18.4 Å². The van der Waals surface area contributed by atoms with Gasteiger partial charge in [-0.25, -0.2) is 0 Å². The average molecular weight is 363 g/mol. The fraction of sp³-hybridized carbons (Fsp3) is 0.375. The van der Waals surface area contributed by atoms with E-state index in [1.54, 1.807) is 10.9 Å². The number of aromatic nitrogens is 2. The topological polar surface area (TPSA) is 59.0 Å². The minimum atomic E-state index is -0.617. The van der Waals surface area contributed by atoms with Gasteiger partial charge in [-0.3, -0.25) is 9.48 Å². The lowest BCUT2D eigenvalue weighted by molar-refractivity contribution is -0.126. The van der Waals surface area contributed by atoms with Crippen molar-refractivity contribution in [3.05, 3.63) is 46.7 Å². The lowest BCUT2D eigenvalue weighted by Crippen LogP contribution is -2.52. The highest BCUT2D eigenvalue weighted by Crippen LogP contribution is 2.29. The summed E-state index contributed by atoms with van der Waals surface area (Å²) in [5.74, 6) is 0.00289. The third-order valence-electron chi connectivity index (χ3n) is 4.23. The summed E-state index contributed by atoms with van der Waals surface area (Å²) in [4.78, 5) is 13.0. The second kappa shape index (κ2) is 6.22. The second-order valence-electron chi connectivity index (χ2n) is 5.65. The third-order valence-corrected chi connectivity index (χ3v) is 4.73. The molecule has 0 saturated carbocycles. The Morgan fingerprint density at radius 2 is 2.18 bits per heavy atom. The van der Waals surface area contributed by atoms with Crippen LogP contribution >= 0.6 is 15.9 Å². The minimum Gasteiger partial charge on any atom is -0.324 e. The molecule has 0 atom stereocenters. The zero-order valence-corrected chi connectivity index (χ0v) is 14.1. The molecule has 1 saturated heterocycles. The lowest BCUT2D eigenvalue weighted by Gasteiger charge is -2.36. The molecule has 0 aliphatic carbocycles. The molecule has 3 rings (SSSR count). The van der Waals surface area contributed by atoms with Crippen LogP contribution < -0.4 is 10.6 Å². The predicted molar refractivity (Wildman–Crippen MR) is 89.8 cm³/mol. The summed E-state index contributed by atoms with van der Waals surface area (Å²) < 4.78 is 2.81. The monoisotopic (exact) mass is 362 g/mol. The van der Waals surface area contributed by atoms with E-state index >= 15 is 0 Å². The Balaban J connectivity index is 1.90. The van der Waals surface area contributed by atoms with Gasteiger partial charge in [-0.15, -0.1) is 0 Å². The first-order valence-corrected chi connectivity index (χ1v) is 8.20. The summed E-state index contributed by atoms with van der Waals surface area (Å²) in [6, 6.07) is 7.72. The largest absolute Gasteiger partial charge is 0.324 e. The number of benzene rings is 1. The Hall–Kier alpha value is -1.66. The van der Waals surface area contributed by atoms with Crippen LogP contribution in [0.15, 0.2) is 41.1 Å². The number of hydrogen-bond donors (Lipinski definition) is 2. The maximum absolute atomic E-state index is 13.0. The SMILES string of the molecule is Cc1cc(Br)ccc1NC(=O)C1(n2cccn2)CCNCC1. The van der Waals surface area contributed by atoms with Crippen LogP contribution in [-0.4, -0.2) is 28.8 Å². The normalized spacial score (nSPS) is 17.2. The number of carbonyl (C=O) groups excluding carboxylic acids is 1. The molecule has 1 fully saturated rings. The van der Waals surface area contributed by atoms with Gasteiger partial charge in [0.05, 0.1) is 0 Å². The molecule has 0 unspecified atom stereocenters. The van der Waals surface area contributed by atoms with Crippen molar-refractivity contribution in [1.82, 2.24) is 15.1 Å². The number of carbonyl (C=O) groups is 1. The van der Waals surface area contributed by atoms with Crippen LogP contribution in [0.4, 0.5) is 5.69 Å². The second-order valence-corrected chi connectivity index (χ2v) is 6.56. The number of nitrogens with one attached hydrogen (secondary N) is 2. The first kappa shape index (κ1) is 15.2. The van der Waals surface area contributed by atoms with Gasteiger partial charge in [-0.2, -0.15) is 5.10 Å². The Labute approximate surface area is 138 Å². The lowest BCUT2D eigenvalue weighted by atomic mass is 9.87. The van der Waals surface area contributed by atoms with Crippen molar-refractivity contribution in [3.63, 3.8) is 0 Å². The Morgan fingerprint density at radius 3 is 2.82 bits per heavy atom. The Kier molecular flexibility index (Phi) is 4.31. The van der Waals surface area contributed by atoms with E-state index < -0.39 is 5.54 Å². The van der Waals surface area contributed by atoms with Crippen LogP contribution in [0.25, 0.3) is 0 Å². The summed E-state index contributed by atoms with van der Waals surface area (Å²) in [5, 5.41) is 10.7. The van der Waals surface area contributed by atoms with Crippen molar-refractivity contribution in [2.45, 2.75) is 25.3 Å². The molecule has 1 aliphatic heterocycles. The highest BCUT2D eigenvalue weighted by molar-refractivity contribution is 9.10. The zero-order valence-electron chi connectivity index (χ0n) is 12.5. The maximum Gasteiger partial charge on any atom is 0.252 e. The fourth-order valence-electron chi connectivity index (χ4n) is 2.93. The van der Waals surface area contributed by atoms with Crippen LogP contribution in [0.5, 0.6) is 0 Å². The number of rotatable bonds is 3. The van der Waals surface area contributed by atoms with Crippen molar-refractivity contribution < 1.29 is 4.79 Å². The number of hydrogen-bond acceptors (Lipinski definition) is 3. The highest BCUT2D eigenvalue weighted by atomic mass is 79.9. The summed E-state index contributed by atoms with van der Waals surface area (Å²) in [6.45, 7) is 3.61. The summed E-state index contributed by atoms with van der Waals surface area (Å²) in [6.07, 6.45) is 5.06. The van der Waals surface area contributed by atoms with Crippen LogP contribution in [-0.2, 0) is 10.3 Å². The first-order chi connectivity index (χ1) is 10.6. The number of anilines is 1. The molecular weight excluding hydrogens is 344 g/mol. The Bertz CT molecular complexity index is 663. The Morgan fingerprint density at radius 1 is 1.41 bits per heavy atom. The van der Waals surface area contributed by atoms with E-state index in [0.29, 0.717) is 0 Å². The molecule has 2 heterocycles. The van der Waals surface area contributed by atoms with E-state index in [-0.39, 0.29) is 5.91 Å². The van der Waals surface area contributed by atoms with E-state index in [2.05, 4.69) is 31.7 Å². The van der Waals surface area contributed by atoms with Crippen molar-refractivity contribution in [3.8, 4) is 0 Å². The minimum absolute atomic E-state index is 0.00289. The number of halogens is 1. The van der Waals surface area contributed by atoms with Crippen LogP contribution in [0, 0.1) is 6.92 Å². The quantitative estimate of drug-likeness (QED) is 0.882. The van der Waals surface area contributed by atoms with E-state index in [0.717, 1.165) is 41.7 Å². The number of nitrogens with zero attached hydrogens (tertiary/aromatic N) is 2. The fourth-order valence-corrected chi connectivity index (χ4v) is 3.40. The molecule has 1 aromatic heterocycles. The zero-order chi connectivity index (χ0) is 15.6. The smallest absolute Gasteiger partial charge is 0.252 e. The van der Waals surface area contributed by atoms with Crippen LogP contribution in [0.3, 0.4) is 0 Å². The molecule has 1 aliphatic rings. The van der Waals surface area contributed by atoms with Crippen molar-refractivity contribution in [2.75, 3.05) is 18.4 Å². The van der Waals surface area contributed by atoms with Gasteiger partial charge in [-0.1, -0.05) is 15.9 Å². The van der Waals surface area contributed by atoms with E-state index in [1.807, 2.05) is 37.4 Å². The average Bonchev–Trinajstić information content (AvgIpc) is 3.05. The van der Waals surface area contributed by atoms with Gasteiger partial charge < -0.3 is 10.6 Å². The standard InChI is InChI=1S/C16H19BrN4O/c1-12-11-13(17)3-4-14(12)20-15(22)16(5-8-18-9-6-16)21-10-2-7-19-21/h2-4,7,10-11,18H,5-6,8-9H2,1H3,(H,20,22). The molecule has 0 spiro atoms. The molecule has 0 radical (unpaired) electrons. The predicted octanol–water partition coefficient (Wildman–Crippen LogP) is 2.67. The molecule has 5 nitrogen and oxygen atoms in total. The molecule has 2 aromatic rings. The van der Waals surface area contributed by atoms with Gasteiger partial charge >= 0.3 is 0 Å². The van der Waals surface area contributed by atoms with Gasteiger partial charge in [0.2, 0.25) is 0 Å². The highest BCUT2D eigenvalue weighted by Gasteiger charge is 2.42. The molecule has 116 valence electrons. The van der Waals surface area contributed by atoms with Gasteiger partial charge in [-0.05, 0) is 62.7 Å². The molecule has 2 N–H and O–H groups in total. The summed E-state index contributed by atoms with van der Waals surface area (Å²) >= 11 is 3.45.